The van der Waals surface area contributed by atoms with Gasteiger partial charge in [0.25, 0.3) is 11.8 Å². The van der Waals surface area contributed by atoms with E-state index in [4.69, 9.17) is 21.9 Å². The van der Waals surface area contributed by atoms with E-state index in [9.17, 15) is 24.0 Å². The first kappa shape index (κ1) is 25.7. The van der Waals surface area contributed by atoms with Crippen molar-refractivity contribution in [1.29, 1.82) is 0 Å². The van der Waals surface area contributed by atoms with Crippen LogP contribution >= 0.6 is 0 Å². The fourth-order valence-corrected chi connectivity index (χ4v) is 2.37. The standard InChI is InChI=1S/C10H12N4O3.C8H14O4/c1-5(15)8-6(9(16)13-11)3-2-4-7(8)10(17)14-12;9-7(10)5-3-1-2-4-6-8(11)12/h2-4H,11-12H2,1H3,(H,13,16)(H,14,17);1-6H2,(H,9,10)(H,11,12). The maximum absolute atomic E-state index is 11.5. The van der Waals surface area contributed by atoms with Crippen molar-refractivity contribution < 1.29 is 34.2 Å². The van der Waals surface area contributed by atoms with Crippen molar-refractivity contribution in [2.24, 2.45) is 11.7 Å². The number of nitrogens with one attached hydrogen (secondary N) is 2. The molecule has 0 aliphatic heterocycles. The number of hydrogen-bond acceptors (Lipinski definition) is 7. The highest BCUT2D eigenvalue weighted by atomic mass is 16.4. The van der Waals surface area contributed by atoms with Crippen molar-refractivity contribution in [1.82, 2.24) is 10.9 Å². The molecule has 11 nitrogen and oxygen atoms in total. The molecule has 160 valence electrons. The van der Waals surface area contributed by atoms with Crippen LogP contribution < -0.4 is 22.5 Å². The molecular weight excluding hydrogens is 384 g/mol. The number of nitrogen functional groups attached to an aromatic ring is 2. The SMILES string of the molecule is CC(=O)c1c(C(=O)NN)cccc1C(=O)NN.O=C(O)CCCCCCC(=O)O. The topological polar surface area (TPSA) is 202 Å². The summed E-state index contributed by atoms with van der Waals surface area (Å²) >= 11 is 0. The summed E-state index contributed by atoms with van der Waals surface area (Å²) in [6, 6.07) is 4.25. The number of nitrogens with two attached hydrogens (primary N) is 2. The quantitative estimate of drug-likeness (QED) is 0.105. The lowest BCUT2D eigenvalue weighted by Crippen LogP contribution is -2.34. The summed E-state index contributed by atoms with van der Waals surface area (Å²) in [7, 11) is 0. The summed E-state index contributed by atoms with van der Waals surface area (Å²) in [5.41, 5.74) is 3.86. The summed E-state index contributed by atoms with van der Waals surface area (Å²) in [6.07, 6.45) is 3.28. The second kappa shape index (κ2) is 13.8. The first-order chi connectivity index (χ1) is 13.6. The summed E-state index contributed by atoms with van der Waals surface area (Å²) in [6.45, 7) is 1.25. The Balaban J connectivity index is 0.000000578. The third-order valence-corrected chi connectivity index (χ3v) is 3.70. The van der Waals surface area contributed by atoms with E-state index in [1.165, 1.54) is 25.1 Å². The first-order valence-electron chi connectivity index (χ1n) is 8.75. The molecule has 1 aromatic rings. The van der Waals surface area contributed by atoms with Crippen LogP contribution in [-0.4, -0.2) is 39.7 Å². The number of carboxylic acids is 2. The molecule has 0 aliphatic rings. The molecular formula is C18H26N4O7. The predicted octanol–water partition coefficient (Wildman–Crippen LogP) is 0.592. The number of Topliss-reactive ketones (excluding diaryl/α,β-unsaturated/α-hetero) is 1. The largest absolute Gasteiger partial charge is 0.481 e. The van der Waals surface area contributed by atoms with Gasteiger partial charge in [-0.2, -0.15) is 0 Å². The molecule has 29 heavy (non-hydrogen) atoms. The van der Waals surface area contributed by atoms with Crippen LogP contribution in [0.5, 0.6) is 0 Å². The Kier molecular flexibility index (Phi) is 12.2. The van der Waals surface area contributed by atoms with E-state index >= 15 is 0 Å². The van der Waals surface area contributed by atoms with Gasteiger partial charge in [0.1, 0.15) is 0 Å². The molecule has 1 rings (SSSR count). The Labute approximate surface area is 167 Å². The summed E-state index contributed by atoms with van der Waals surface area (Å²) in [5.74, 6) is 6.69. The highest BCUT2D eigenvalue weighted by molar-refractivity contribution is 6.14. The van der Waals surface area contributed by atoms with Gasteiger partial charge < -0.3 is 10.2 Å². The minimum Gasteiger partial charge on any atom is -0.481 e. The second-order valence-corrected chi connectivity index (χ2v) is 5.93. The Morgan fingerprint density at radius 1 is 0.793 bits per heavy atom. The van der Waals surface area contributed by atoms with Gasteiger partial charge in [-0.3, -0.25) is 34.8 Å². The normalized spacial score (nSPS) is 9.62. The highest BCUT2D eigenvalue weighted by Gasteiger charge is 2.20. The Bertz CT molecular complexity index is 697. The van der Waals surface area contributed by atoms with E-state index in [1.807, 2.05) is 10.9 Å². The van der Waals surface area contributed by atoms with Crippen LogP contribution in [-0.2, 0) is 9.59 Å². The van der Waals surface area contributed by atoms with Crippen LogP contribution in [0.4, 0.5) is 0 Å². The third-order valence-electron chi connectivity index (χ3n) is 3.70. The number of unbranched alkanes of at least 4 members (excludes halogenated alkanes) is 3. The number of ketones is 1. The van der Waals surface area contributed by atoms with Crippen molar-refractivity contribution >= 4 is 29.5 Å². The van der Waals surface area contributed by atoms with Gasteiger partial charge in [-0.05, 0) is 31.9 Å². The molecule has 0 aliphatic carbocycles. The van der Waals surface area contributed by atoms with Crippen LogP contribution in [0, 0.1) is 0 Å². The number of hydrazine groups is 2. The second-order valence-electron chi connectivity index (χ2n) is 5.93. The van der Waals surface area contributed by atoms with E-state index in [0.29, 0.717) is 12.8 Å². The number of benzene rings is 1. The number of carboxylic acid groups (broad SMARTS) is 2. The number of hydrogen-bond donors (Lipinski definition) is 6. The molecule has 0 aromatic heterocycles. The van der Waals surface area contributed by atoms with E-state index in [1.54, 1.807) is 0 Å². The molecule has 0 atom stereocenters. The number of aliphatic carboxylic acids is 2. The minimum atomic E-state index is -0.784. The Morgan fingerprint density at radius 2 is 1.17 bits per heavy atom. The van der Waals surface area contributed by atoms with Gasteiger partial charge in [0, 0.05) is 18.4 Å². The molecule has 8 N–H and O–H groups in total. The van der Waals surface area contributed by atoms with Crippen molar-refractivity contribution in [2.75, 3.05) is 0 Å². The van der Waals surface area contributed by atoms with Gasteiger partial charge >= 0.3 is 11.9 Å². The lowest BCUT2D eigenvalue weighted by atomic mass is 9.97. The molecule has 0 spiro atoms. The molecule has 0 fully saturated rings. The van der Waals surface area contributed by atoms with Gasteiger partial charge in [-0.1, -0.05) is 18.9 Å². The predicted molar refractivity (Wildman–Crippen MR) is 103 cm³/mol. The van der Waals surface area contributed by atoms with Gasteiger partial charge in [-0.15, -0.1) is 0 Å². The lowest BCUT2D eigenvalue weighted by Gasteiger charge is -2.10. The maximum Gasteiger partial charge on any atom is 0.303 e. The van der Waals surface area contributed by atoms with E-state index in [2.05, 4.69) is 0 Å². The fraction of sp³-hybridized carbons (Fsp3) is 0.389. The number of rotatable bonds is 10. The van der Waals surface area contributed by atoms with Gasteiger partial charge in [0.2, 0.25) is 0 Å². The smallest absolute Gasteiger partial charge is 0.303 e. The number of carbonyl (C=O) groups excluding carboxylic acids is 3. The van der Waals surface area contributed by atoms with Crippen molar-refractivity contribution in [2.45, 2.75) is 45.4 Å². The third kappa shape index (κ3) is 9.98. The van der Waals surface area contributed by atoms with Crippen molar-refractivity contribution in [3.63, 3.8) is 0 Å². The maximum atomic E-state index is 11.5. The zero-order chi connectivity index (χ0) is 22.4. The fourth-order valence-electron chi connectivity index (χ4n) is 2.37. The monoisotopic (exact) mass is 410 g/mol. The van der Waals surface area contributed by atoms with E-state index in [0.717, 1.165) is 12.8 Å². The number of amides is 2. The molecule has 0 radical (unpaired) electrons. The lowest BCUT2D eigenvalue weighted by molar-refractivity contribution is -0.138. The summed E-state index contributed by atoms with van der Waals surface area (Å²) in [5, 5.41) is 16.5. The van der Waals surface area contributed by atoms with Gasteiger partial charge in [0.05, 0.1) is 11.1 Å². The molecule has 2 amide bonds. The Morgan fingerprint density at radius 3 is 1.45 bits per heavy atom. The summed E-state index contributed by atoms with van der Waals surface area (Å²) < 4.78 is 0. The van der Waals surface area contributed by atoms with Crippen molar-refractivity contribution in [3.8, 4) is 0 Å². The minimum absolute atomic E-state index is 0.0154. The molecule has 0 bridgehead atoms. The first-order valence-corrected chi connectivity index (χ1v) is 8.75. The molecule has 1 aromatic carbocycles. The molecule has 0 saturated carbocycles. The van der Waals surface area contributed by atoms with Crippen LogP contribution in [0.25, 0.3) is 0 Å². The summed E-state index contributed by atoms with van der Waals surface area (Å²) in [4.78, 5) is 54.5. The van der Waals surface area contributed by atoms with E-state index < -0.39 is 29.5 Å². The average Bonchev–Trinajstić information content (AvgIpc) is 2.68. The van der Waals surface area contributed by atoms with Gasteiger partial charge in [0.15, 0.2) is 5.78 Å². The van der Waals surface area contributed by atoms with E-state index in [-0.39, 0.29) is 29.5 Å². The number of carbonyl (C=O) groups is 5. The molecule has 0 saturated heterocycles. The Hall–Kier alpha value is -3.31. The van der Waals surface area contributed by atoms with Crippen LogP contribution in [0.1, 0.15) is 76.5 Å². The highest BCUT2D eigenvalue weighted by Crippen LogP contribution is 2.16. The molecule has 0 unspecified atom stereocenters. The van der Waals surface area contributed by atoms with Crippen LogP contribution in [0.3, 0.4) is 0 Å². The zero-order valence-electron chi connectivity index (χ0n) is 16.1. The molecule has 0 heterocycles. The van der Waals surface area contributed by atoms with Crippen LogP contribution in [0.15, 0.2) is 18.2 Å². The zero-order valence-corrected chi connectivity index (χ0v) is 16.1. The van der Waals surface area contributed by atoms with Crippen LogP contribution in [0.2, 0.25) is 0 Å². The average molecular weight is 410 g/mol. The van der Waals surface area contributed by atoms with Crippen molar-refractivity contribution in [3.05, 3.63) is 34.9 Å². The van der Waals surface area contributed by atoms with Gasteiger partial charge in [-0.25, -0.2) is 11.7 Å². The molecule has 11 heteroatoms.